The molecule has 0 spiro atoms. The van der Waals surface area contributed by atoms with Crippen LogP contribution < -0.4 is 10.5 Å². The van der Waals surface area contributed by atoms with E-state index in [1.807, 2.05) is 56.3 Å². The minimum atomic E-state index is -1.24. The van der Waals surface area contributed by atoms with Crippen LogP contribution in [0.3, 0.4) is 0 Å². The molecule has 0 aliphatic rings. The van der Waals surface area contributed by atoms with Gasteiger partial charge in [-0.15, -0.1) is 0 Å². The summed E-state index contributed by atoms with van der Waals surface area (Å²) in [6.45, 7) is 4.10. The molecule has 0 aliphatic carbocycles. The van der Waals surface area contributed by atoms with Crippen LogP contribution in [0.15, 0.2) is 42.5 Å². The van der Waals surface area contributed by atoms with Crippen LogP contribution in [0, 0.1) is 13.8 Å². The van der Waals surface area contributed by atoms with Crippen LogP contribution in [-0.4, -0.2) is 18.8 Å². The van der Waals surface area contributed by atoms with Crippen LogP contribution in [0.5, 0.6) is 5.75 Å². The Morgan fingerprint density at radius 1 is 1.10 bits per heavy atom. The Morgan fingerprint density at radius 3 is 2.30 bits per heavy atom. The van der Waals surface area contributed by atoms with Crippen LogP contribution in [0.1, 0.15) is 22.3 Å². The van der Waals surface area contributed by atoms with Crippen LogP contribution in [0.2, 0.25) is 0 Å². The molecule has 0 fully saturated rings. The second kappa shape index (κ2) is 5.65. The molecule has 0 aromatic heterocycles. The largest absolute Gasteiger partial charge is 0.496 e. The van der Waals surface area contributed by atoms with Gasteiger partial charge in [-0.1, -0.05) is 42.5 Å². The lowest BCUT2D eigenvalue weighted by atomic mass is 9.84. The Labute approximate surface area is 120 Å². The quantitative estimate of drug-likeness (QED) is 0.898. The van der Waals surface area contributed by atoms with E-state index in [1.165, 1.54) is 0 Å². The van der Waals surface area contributed by atoms with Gasteiger partial charge >= 0.3 is 0 Å². The molecule has 1 atom stereocenters. The molecule has 3 nitrogen and oxygen atoms in total. The summed E-state index contributed by atoms with van der Waals surface area (Å²) in [5.74, 6) is 0.696. The normalized spacial score (nSPS) is 13.8. The average Bonchev–Trinajstić information content (AvgIpc) is 2.50. The third-order valence-corrected chi connectivity index (χ3v) is 3.87. The molecule has 3 heteroatoms. The lowest BCUT2D eigenvalue weighted by Gasteiger charge is -2.30. The van der Waals surface area contributed by atoms with Crippen LogP contribution >= 0.6 is 0 Å². The second-order valence-electron chi connectivity index (χ2n) is 5.02. The van der Waals surface area contributed by atoms with Crippen LogP contribution in [-0.2, 0) is 5.60 Å². The number of hydrogen-bond acceptors (Lipinski definition) is 3. The number of aliphatic hydroxyl groups is 1. The highest BCUT2D eigenvalue weighted by Gasteiger charge is 2.33. The first-order valence-electron chi connectivity index (χ1n) is 6.67. The minimum absolute atomic E-state index is 0.0931. The Hall–Kier alpha value is -1.84. The molecule has 0 saturated heterocycles. The Balaban J connectivity index is 2.67. The first kappa shape index (κ1) is 14.6. The number of methoxy groups -OCH3 is 1. The van der Waals surface area contributed by atoms with Crippen molar-refractivity contribution in [3.05, 3.63) is 64.7 Å². The van der Waals surface area contributed by atoms with Crippen molar-refractivity contribution in [3.63, 3.8) is 0 Å². The van der Waals surface area contributed by atoms with E-state index >= 15 is 0 Å². The van der Waals surface area contributed by atoms with Crippen molar-refractivity contribution in [3.8, 4) is 5.75 Å². The number of aryl methyl sites for hydroxylation is 1. The van der Waals surface area contributed by atoms with E-state index in [9.17, 15) is 5.11 Å². The summed E-state index contributed by atoms with van der Waals surface area (Å²) in [4.78, 5) is 0. The molecule has 1 unspecified atom stereocenters. The van der Waals surface area contributed by atoms with Crippen molar-refractivity contribution in [2.75, 3.05) is 13.7 Å². The van der Waals surface area contributed by atoms with Gasteiger partial charge in [0.1, 0.15) is 11.4 Å². The summed E-state index contributed by atoms with van der Waals surface area (Å²) < 4.78 is 5.51. The van der Waals surface area contributed by atoms with Gasteiger partial charge in [-0.2, -0.15) is 0 Å². The van der Waals surface area contributed by atoms with Crippen LogP contribution in [0.25, 0.3) is 0 Å². The van der Waals surface area contributed by atoms with Gasteiger partial charge in [0.25, 0.3) is 0 Å². The fourth-order valence-corrected chi connectivity index (χ4v) is 2.48. The standard InChI is InChI=1S/C17H21NO2/c1-12-9-10-15(16(20-3)13(12)2)17(19,11-18)14-7-5-4-6-8-14/h4-10,19H,11,18H2,1-3H3. The fraction of sp³-hybridized carbons (Fsp3) is 0.294. The van der Waals surface area contributed by atoms with Crippen LogP contribution in [0.4, 0.5) is 0 Å². The molecule has 2 aromatic rings. The lowest BCUT2D eigenvalue weighted by Crippen LogP contribution is -2.36. The molecule has 0 heterocycles. The number of nitrogens with two attached hydrogens (primary N) is 1. The first-order valence-corrected chi connectivity index (χ1v) is 6.67. The van der Waals surface area contributed by atoms with Gasteiger partial charge in [0, 0.05) is 12.1 Å². The maximum absolute atomic E-state index is 11.1. The van der Waals surface area contributed by atoms with Crippen molar-refractivity contribution in [2.45, 2.75) is 19.4 Å². The Bertz CT molecular complexity index is 595. The van der Waals surface area contributed by atoms with E-state index in [0.29, 0.717) is 11.3 Å². The van der Waals surface area contributed by atoms with Gasteiger partial charge in [-0.25, -0.2) is 0 Å². The molecule has 0 radical (unpaired) electrons. The van der Waals surface area contributed by atoms with Crippen molar-refractivity contribution in [2.24, 2.45) is 5.73 Å². The molecule has 2 aromatic carbocycles. The van der Waals surface area contributed by atoms with E-state index in [0.717, 1.165) is 16.7 Å². The monoisotopic (exact) mass is 271 g/mol. The van der Waals surface area contributed by atoms with Crippen molar-refractivity contribution < 1.29 is 9.84 Å². The summed E-state index contributed by atoms with van der Waals surface area (Å²) in [5.41, 5.74) is 8.25. The van der Waals surface area contributed by atoms with Gasteiger partial charge in [-0.3, -0.25) is 0 Å². The van der Waals surface area contributed by atoms with Gasteiger partial charge in [0.05, 0.1) is 7.11 Å². The van der Waals surface area contributed by atoms with Crippen molar-refractivity contribution in [1.29, 1.82) is 0 Å². The molecule has 0 saturated carbocycles. The molecule has 0 aliphatic heterocycles. The third kappa shape index (κ3) is 2.30. The molecule has 0 bridgehead atoms. The lowest BCUT2D eigenvalue weighted by molar-refractivity contribution is 0.0870. The Kier molecular flexibility index (Phi) is 4.12. The van der Waals surface area contributed by atoms with E-state index in [-0.39, 0.29) is 6.54 Å². The third-order valence-electron chi connectivity index (χ3n) is 3.87. The maximum Gasteiger partial charge on any atom is 0.130 e. The number of ether oxygens (including phenoxy) is 1. The van der Waals surface area contributed by atoms with E-state index in [4.69, 9.17) is 10.5 Å². The predicted molar refractivity (Wildman–Crippen MR) is 81.0 cm³/mol. The fourth-order valence-electron chi connectivity index (χ4n) is 2.48. The highest BCUT2D eigenvalue weighted by molar-refractivity contribution is 5.51. The second-order valence-corrected chi connectivity index (χ2v) is 5.02. The zero-order valence-electron chi connectivity index (χ0n) is 12.2. The number of benzene rings is 2. The van der Waals surface area contributed by atoms with E-state index < -0.39 is 5.60 Å². The van der Waals surface area contributed by atoms with E-state index in [2.05, 4.69) is 0 Å². The Morgan fingerprint density at radius 2 is 1.75 bits per heavy atom. The highest BCUT2D eigenvalue weighted by Crippen LogP contribution is 2.37. The zero-order valence-corrected chi connectivity index (χ0v) is 12.2. The van der Waals surface area contributed by atoms with Crippen molar-refractivity contribution in [1.82, 2.24) is 0 Å². The highest BCUT2D eigenvalue weighted by atomic mass is 16.5. The topological polar surface area (TPSA) is 55.5 Å². The number of rotatable bonds is 4. The smallest absolute Gasteiger partial charge is 0.130 e. The summed E-state index contributed by atoms with van der Waals surface area (Å²) in [6.07, 6.45) is 0. The SMILES string of the molecule is COc1c(C(O)(CN)c2ccccc2)ccc(C)c1C. The summed E-state index contributed by atoms with van der Waals surface area (Å²) in [5, 5.41) is 11.1. The molecule has 106 valence electrons. The summed E-state index contributed by atoms with van der Waals surface area (Å²) in [7, 11) is 1.62. The van der Waals surface area contributed by atoms with Gasteiger partial charge in [-0.05, 0) is 30.5 Å². The molecule has 3 N–H and O–H groups in total. The molecule has 2 rings (SSSR count). The summed E-state index contributed by atoms with van der Waals surface area (Å²) in [6, 6.07) is 13.3. The zero-order chi connectivity index (χ0) is 14.8. The molecule has 20 heavy (non-hydrogen) atoms. The van der Waals surface area contributed by atoms with Gasteiger partial charge < -0.3 is 15.6 Å². The minimum Gasteiger partial charge on any atom is -0.496 e. The van der Waals surface area contributed by atoms with Gasteiger partial charge in [0.2, 0.25) is 0 Å². The summed E-state index contributed by atoms with van der Waals surface area (Å²) >= 11 is 0. The predicted octanol–water partition coefficient (Wildman–Crippen LogP) is 2.51. The molecular formula is C17H21NO2. The molecular weight excluding hydrogens is 250 g/mol. The van der Waals surface area contributed by atoms with Crippen molar-refractivity contribution >= 4 is 0 Å². The molecule has 0 amide bonds. The average molecular weight is 271 g/mol. The van der Waals surface area contributed by atoms with E-state index in [1.54, 1.807) is 7.11 Å². The van der Waals surface area contributed by atoms with Gasteiger partial charge in [0.15, 0.2) is 0 Å². The first-order chi connectivity index (χ1) is 9.54. The number of hydrogen-bond donors (Lipinski definition) is 2. The maximum atomic E-state index is 11.1.